The average Bonchev–Trinajstić information content (AvgIpc) is 3.10. The molecule has 5 rings (SSSR count). The van der Waals surface area contributed by atoms with Crippen LogP contribution in [0.25, 0.3) is 0 Å². The fraction of sp³-hybridized carbons (Fsp3) is 0.480. The van der Waals surface area contributed by atoms with Crippen molar-refractivity contribution < 1.29 is 9.90 Å². The summed E-state index contributed by atoms with van der Waals surface area (Å²) in [5.74, 6) is 1.57. The van der Waals surface area contributed by atoms with Gasteiger partial charge in [-0.05, 0) is 60.3 Å². The molecule has 0 spiro atoms. The monoisotopic (exact) mass is 390 g/mol. The first-order chi connectivity index (χ1) is 14.0. The summed E-state index contributed by atoms with van der Waals surface area (Å²) >= 11 is 0. The first kappa shape index (κ1) is 18.8. The minimum absolute atomic E-state index is 0.215. The molecule has 0 bridgehead atoms. The van der Waals surface area contributed by atoms with Crippen LogP contribution in [0.4, 0.5) is 0 Å². The molecule has 4 nitrogen and oxygen atoms in total. The molecular formula is C25H30N2O2. The number of nitrogens with zero attached hydrogens (tertiary/aromatic N) is 1. The van der Waals surface area contributed by atoms with Gasteiger partial charge in [-0.2, -0.15) is 0 Å². The molecule has 2 aromatic rings. The molecule has 0 aromatic heterocycles. The first-order valence-electron chi connectivity index (χ1n) is 10.9. The van der Waals surface area contributed by atoms with Crippen molar-refractivity contribution in [1.82, 2.24) is 4.90 Å². The second-order valence-corrected chi connectivity index (χ2v) is 9.44. The van der Waals surface area contributed by atoms with Crippen LogP contribution in [0.15, 0.2) is 54.6 Å². The lowest BCUT2D eigenvalue weighted by atomic mass is 9.67. The lowest BCUT2D eigenvalue weighted by Gasteiger charge is -2.46. The van der Waals surface area contributed by atoms with Gasteiger partial charge in [0, 0.05) is 30.6 Å². The van der Waals surface area contributed by atoms with Gasteiger partial charge in [0.15, 0.2) is 0 Å². The number of fused-ring (bicyclic) bond motifs is 1. The van der Waals surface area contributed by atoms with E-state index in [1.807, 2.05) is 48.5 Å². The van der Waals surface area contributed by atoms with Gasteiger partial charge in [-0.15, -0.1) is 0 Å². The minimum Gasteiger partial charge on any atom is -0.385 e. The van der Waals surface area contributed by atoms with E-state index in [0.717, 1.165) is 44.5 Å². The Labute approximate surface area is 172 Å². The molecule has 3 N–H and O–H groups in total. The van der Waals surface area contributed by atoms with Crippen LogP contribution in [0.5, 0.6) is 0 Å². The third-order valence-electron chi connectivity index (χ3n) is 7.96. The minimum atomic E-state index is -0.628. The molecule has 1 amide bonds. The second-order valence-electron chi connectivity index (χ2n) is 9.44. The Balaban J connectivity index is 1.20. The number of hydrogen-bond donors (Lipinski definition) is 2. The molecule has 3 fully saturated rings. The predicted octanol–water partition coefficient (Wildman–Crippen LogP) is 3.29. The number of aliphatic hydroxyl groups is 1. The highest BCUT2D eigenvalue weighted by Crippen LogP contribution is 2.65. The maximum absolute atomic E-state index is 11.6. The van der Waals surface area contributed by atoms with Crippen molar-refractivity contribution in [3.05, 3.63) is 71.3 Å². The van der Waals surface area contributed by atoms with Gasteiger partial charge < -0.3 is 15.7 Å². The summed E-state index contributed by atoms with van der Waals surface area (Å²) < 4.78 is 0. The molecule has 4 heteroatoms. The van der Waals surface area contributed by atoms with E-state index in [1.54, 1.807) is 0 Å². The van der Waals surface area contributed by atoms with Crippen molar-refractivity contribution >= 4 is 5.91 Å². The zero-order valence-electron chi connectivity index (χ0n) is 17.1. The number of amides is 1. The van der Waals surface area contributed by atoms with Crippen molar-refractivity contribution in [3.63, 3.8) is 0 Å². The van der Waals surface area contributed by atoms with E-state index in [9.17, 15) is 9.90 Å². The van der Waals surface area contributed by atoms with E-state index in [1.165, 1.54) is 5.56 Å². The maximum Gasteiger partial charge on any atom is 0.248 e. The molecule has 1 aliphatic heterocycles. The summed E-state index contributed by atoms with van der Waals surface area (Å²) in [7, 11) is 0. The largest absolute Gasteiger partial charge is 0.385 e. The summed E-state index contributed by atoms with van der Waals surface area (Å²) in [6.45, 7) is 5.61. The molecule has 0 radical (unpaired) electrons. The van der Waals surface area contributed by atoms with Crippen LogP contribution in [0.3, 0.4) is 0 Å². The van der Waals surface area contributed by atoms with Crippen molar-refractivity contribution in [3.8, 4) is 0 Å². The Kier molecular flexibility index (Phi) is 4.34. The Morgan fingerprint density at radius 1 is 1.07 bits per heavy atom. The Morgan fingerprint density at radius 2 is 1.72 bits per heavy atom. The third kappa shape index (κ3) is 2.92. The summed E-state index contributed by atoms with van der Waals surface area (Å²) in [5.41, 5.74) is 8.04. The van der Waals surface area contributed by atoms with E-state index < -0.39 is 5.60 Å². The lowest BCUT2D eigenvalue weighted by Crippen LogP contribution is -2.46. The number of carbonyl (C=O) groups excluding carboxylic acids is 1. The molecule has 1 saturated heterocycles. The Hall–Kier alpha value is -2.17. The summed E-state index contributed by atoms with van der Waals surface area (Å²) in [5, 5.41) is 10.9. The Bertz CT molecular complexity index is 907. The van der Waals surface area contributed by atoms with Crippen LogP contribution in [-0.4, -0.2) is 35.5 Å². The Morgan fingerprint density at radius 3 is 2.34 bits per heavy atom. The van der Waals surface area contributed by atoms with Gasteiger partial charge in [0.2, 0.25) is 5.91 Å². The van der Waals surface area contributed by atoms with Crippen LogP contribution in [0.2, 0.25) is 0 Å². The van der Waals surface area contributed by atoms with E-state index >= 15 is 0 Å². The van der Waals surface area contributed by atoms with Crippen LogP contribution in [0.1, 0.15) is 47.7 Å². The van der Waals surface area contributed by atoms with Gasteiger partial charge in [0.05, 0.1) is 5.60 Å². The van der Waals surface area contributed by atoms with E-state index in [0.29, 0.717) is 23.3 Å². The molecule has 29 heavy (non-hydrogen) atoms. The number of hydrogen-bond acceptors (Lipinski definition) is 3. The normalized spacial score (nSPS) is 35.7. The topological polar surface area (TPSA) is 66.6 Å². The number of benzene rings is 2. The number of likely N-dealkylation sites (tertiary alicyclic amines) is 1. The number of piperidine rings is 1. The number of primary amides is 1. The van der Waals surface area contributed by atoms with Gasteiger partial charge >= 0.3 is 0 Å². The molecule has 2 aromatic carbocycles. The molecule has 152 valence electrons. The zero-order chi connectivity index (χ0) is 20.2. The third-order valence-corrected chi connectivity index (χ3v) is 7.96. The zero-order valence-corrected chi connectivity index (χ0v) is 17.1. The fourth-order valence-electron chi connectivity index (χ4n) is 6.46. The van der Waals surface area contributed by atoms with Gasteiger partial charge in [0.1, 0.15) is 0 Å². The summed E-state index contributed by atoms with van der Waals surface area (Å²) in [6, 6.07) is 18.1. The van der Waals surface area contributed by atoms with Crippen LogP contribution in [0, 0.1) is 17.8 Å². The van der Waals surface area contributed by atoms with E-state index in [2.05, 4.69) is 17.9 Å². The second kappa shape index (κ2) is 6.68. The van der Waals surface area contributed by atoms with Crippen LogP contribution in [-0.2, 0) is 11.0 Å². The van der Waals surface area contributed by atoms with Gasteiger partial charge in [-0.1, -0.05) is 49.4 Å². The van der Waals surface area contributed by atoms with E-state index in [-0.39, 0.29) is 11.3 Å². The fourth-order valence-corrected chi connectivity index (χ4v) is 6.46. The molecule has 2 unspecified atom stereocenters. The highest BCUT2D eigenvalue weighted by Gasteiger charge is 2.67. The predicted molar refractivity (Wildman–Crippen MR) is 113 cm³/mol. The van der Waals surface area contributed by atoms with Crippen LogP contribution < -0.4 is 5.73 Å². The molecule has 2 saturated carbocycles. The van der Waals surface area contributed by atoms with Crippen LogP contribution >= 0.6 is 0 Å². The van der Waals surface area contributed by atoms with Crippen molar-refractivity contribution in [2.75, 3.05) is 19.6 Å². The summed E-state index contributed by atoms with van der Waals surface area (Å²) in [6.07, 6.45) is 2.83. The molecule has 1 heterocycles. The van der Waals surface area contributed by atoms with E-state index in [4.69, 9.17) is 5.73 Å². The van der Waals surface area contributed by atoms with Gasteiger partial charge in [-0.3, -0.25) is 4.79 Å². The highest BCUT2D eigenvalue weighted by molar-refractivity contribution is 5.93. The SMILES string of the molecule is CCC1(c2cccc(C(N)=O)c2)C2CN(C[C@H]3C[C@@](O)(c4ccccc4)C3)CC21. The first-order valence-corrected chi connectivity index (χ1v) is 10.9. The lowest BCUT2D eigenvalue weighted by molar-refractivity contribution is -0.0872. The molecular weight excluding hydrogens is 360 g/mol. The van der Waals surface area contributed by atoms with Gasteiger partial charge in [-0.25, -0.2) is 0 Å². The highest BCUT2D eigenvalue weighted by atomic mass is 16.3. The average molecular weight is 391 g/mol. The number of rotatable bonds is 6. The molecule has 2 aliphatic carbocycles. The van der Waals surface area contributed by atoms with Crippen molar-refractivity contribution in [2.24, 2.45) is 23.5 Å². The number of carbonyl (C=O) groups is 1. The van der Waals surface area contributed by atoms with Crippen molar-refractivity contribution in [2.45, 2.75) is 37.2 Å². The summed E-state index contributed by atoms with van der Waals surface area (Å²) in [4.78, 5) is 14.2. The molecule has 2 atom stereocenters. The maximum atomic E-state index is 11.6. The van der Waals surface area contributed by atoms with Crippen molar-refractivity contribution in [1.29, 1.82) is 0 Å². The smallest absolute Gasteiger partial charge is 0.248 e. The standard InChI is InChI=1S/C25H30N2O2/c1-2-25(20-10-6-7-18(11-20)23(26)28)21-15-27(16-22(21)25)14-17-12-24(29,13-17)19-8-4-3-5-9-19/h3-11,17,21-22,29H,2,12-16H2,1H3,(H2,26,28)/t17-,21?,22?,24-,25?. The number of nitrogens with two attached hydrogens (primary N) is 1. The molecule has 3 aliphatic rings. The van der Waals surface area contributed by atoms with Gasteiger partial charge in [0.25, 0.3) is 0 Å². The quantitative estimate of drug-likeness (QED) is 0.795.